The lowest BCUT2D eigenvalue weighted by Gasteiger charge is -2.25. The minimum atomic E-state index is -1.44. The van der Waals surface area contributed by atoms with E-state index in [9.17, 15) is 24.3 Å². The highest BCUT2D eigenvalue weighted by Gasteiger charge is 2.45. The van der Waals surface area contributed by atoms with Crippen LogP contribution in [0.25, 0.3) is 11.1 Å². The molecule has 0 aromatic heterocycles. The lowest BCUT2D eigenvalue weighted by Crippen LogP contribution is -2.52. The van der Waals surface area contributed by atoms with Gasteiger partial charge in [-0.25, -0.2) is 0 Å². The van der Waals surface area contributed by atoms with Gasteiger partial charge >= 0.3 is 0 Å². The van der Waals surface area contributed by atoms with Crippen molar-refractivity contribution in [2.75, 3.05) is 25.1 Å². The number of fused-ring (bicyclic) bond motifs is 2. The molecule has 1 fully saturated rings. The third kappa shape index (κ3) is 4.44. The average Bonchev–Trinajstić information content (AvgIpc) is 3.13. The first-order valence-corrected chi connectivity index (χ1v) is 10.3. The largest absolute Gasteiger partial charge is 0.548 e. The number of carboxylic acids is 1. The zero-order valence-electron chi connectivity index (χ0n) is 16.8. The highest BCUT2D eigenvalue weighted by molar-refractivity contribution is 6.30. The Morgan fingerprint density at radius 1 is 1.12 bits per heavy atom. The van der Waals surface area contributed by atoms with Gasteiger partial charge in [-0.15, -0.1) is 0 Å². The number of benzene rings is 2. The summed E-state index contributed by atoms with van der Waals surface area (Å²) in [4.78, 5) is 50.1. The highest BCUT2D eigenvalue weighted by Crippen LogP contribution is 2.32. The first kappa shape index (κ1) is 21.8. The number of aliphatic carboxylic acids is 1. The Bertz CT molecular complexity index is 1090. The van der Waals surface area contributed by atoms with Crippen LogP contribution in [-0.4, -0.2) is 60.4 Å². The normalized spacial score (nSPS) is 19.6. The number of halogens is 1. The summed E-state index contributed by atoms with van der Waals surface area (Å²) in [7, 11) is 0. The van der Waals surface area contributed by atoms with Gasteiger partial charge in [-0.1, -0.05) is 29.8 Å². The van der Waals surface area contributed by atoms with Crippen LogP contribution in [0.2, 0.25) is 5.02 Å². The second kappa shape index (κ2) is 8.97. The number of anilines is 1. The molecule has 1 saturated heterocycles. The lowest BCUT2D eigenvalue weighted by molar-refractivity contribution is -0.309. The van der Waals surface area contributed by atoms with E-state index in [0.29, 0.717) is 22.7 Å². The van der Waals surface area contributed by atoms with Crippen molar-refractivity contribution < 1.29 is 29.0 Å². The van der Waals surface area contributed by atoms with Gasteiger partial charge in [0.15, 0.2) is 0 Å². The van der Waals surface area contributed by atoms with Crippen molar-refractivity contribution in [2.45, 2.75) is 18.5 Å². The minimum Gasteiger partial charge on any atom is -0.548 e. The van der Waals surface area contributed by atoms with E-state index < -0.39 is 43.1 Å². The Hall–Kier alpha value is -3.43. The molecule has 166 valence electrons. The maximum Gasteiger partial charge on any atom is 0.256 e. The van der Waals surface area contributed by atoms with Gasteiger partial charge in [0.05, 0.1) is 29.9 Å². The number of carbonyl (C=O) groups excluding carboxylic acids is 4. The second-order valence-corrected chi connectivity index (χ2v) is 7.96. The van der Waals surface area contributed by atoms with Gasteiger partial charge in [0, 0.05) is 11.6 Å². The molecule has 0 saturated carbocycles. The summed E-state index contributed by atoms with van der Waals surface area (Å²) in [6, 6.07) is 10.9. The number of ether oxygens (including phenoxy) is 1. The van der Waals surface area contributed by atoms with Crippen LogP contribution in [-0.2, 0) is 19.1 Å². The summed E-state index contributed by atoms with van der Waals surface area (Å²) in [6.45, 7) is -0.915. The van der Waals surface area contributed by atoms with E-state index >= 15 is 0 Å². The molecular formula is C22H19ClN3O6-. The van der Waals surface area contributed by atoms with Crippen LogP contribution in [0.3, 0.4) is 0 Å². The van der Waals surface area contributed by atoms with Crippen molar-refractivity contribution in [3.05, 3.63) is 53.1 Å². The Morgan fingerprint density at radius 3 is 2.56 bits per heavy atom. The molecule has 0 radical (unpaired) electrons. The van der Waals surface area contributed by atoms with E-state index in [2.05, 4.69) is 10.6 Å². The number of hydrogen-bond donors (Lipinski definition) is 2. The molecule has 2 N–H and O–H groups in total. The third-order valence-electron chi connectivity index (χ3n) is 5.41. The standard InChI is InChI=1S/C22H20ClN3O6/c23-14-4-1-12(2-5-14)13-3-6-16-15(9-13)22(31)26-8-7-17(20(26)21(30)25-16)24-18(27)10-32-11-19(28)29/h1-6,9,17,20H,7-8,10-11H2,(H,24,27)(H,25,30)(H,28,29)/p-1/t17-,20-/m0/s1. The third-order valence-corrected chi connectivity index (χ3v) is 5.66. The number of nitrogens with zero attached hydrogens (tertiary/aromatic N) is 1. The Balaban J connectivity index is 1.53. The quantitative estimate of drug-likeness (QED) is 0.648. The first-order valence-electron chi connectivity index (χ1n) is 9.92. The molecule has 2 aromatic rings. The summed E-state index contributed by atoms with van der Waals surface area (Å²) >= 11 is 5.95. The van der Waals surface area contributed by atoms with Crippen molar-refractivity contribution in [2.24, 2.45) is 0 Å². The number of carboxylic acid groups (broad SMARTS) is 1. The molecule has 2 aliphatic heterocycles. The number of amides is 3. The van der Waals surface area contributed by atoms with Crippen LogP contribution < -0.4 is 15.7 Å². The molecule has 0 aliphatic carbocycles. The topological polar surface area (TPSA) is 128 Å². The molecule has 0 unspecified atom stereocenters. The first-order chi connectivity index (χ1) is 15.3. The van der Waals surface area contributed by atoms with Gasteiger partial charge in [-0.05, 0) is 41.8 Å². The van der Waals surface area contributed by atoms with E-state index in [1.54, 1.807) is 30.3 Å². The maximum absolute atomic E-state index is 13.3. The highest BCUT2D eigenvalue weighted by atomic mass is 35.5. The Kier molecular flexibility index (Phi) is 6.11. The summed E-state index contributed by atoms with van der Waals surface area (Å²) in [5.74, 6) is -2.74. The van der Waals surface area contributed by atoms with Gasteiger partial charge in [-0.2, -0.15) is 0 Å². The molecule has 2 heterocycles. The van der Waals surface area contributed by atoms with E-state index in [4.69, 9.17) is 16.3 Å². The zero-order chi connectivity index (χ0) is 22.8. The molecule has 0 spiro atoms. The van der Waals surface area contributed by atoms with Gasteiger partial charge in [0.1, 0.15) is 12.6 Å². The van der Waals surface area contributed by atoms with Crippen LogP contribution in [0.1, 0.15) is 16.8 Å². The van der Waals surface area contributed by atoms with Crippen molar-refractivity contribution in [1.29, 1.82) is 0 Å². The molecule has 32 heavy (non-hydrogen) atoms. The van der Waals surface area contributed by atoms with Crippen LogP contribution in [0, 0.1) is 0 Å². The van der Waals surface area contributed by atoms with Crippen molar-refractivity contribution in [3.8, 4) is 11.1 Å². The average molecular weight is 457 g/mol. The predicted molar refractivity (Wildman–Crippen MR) is 113 cm³/mol. The van der Waals surface area contributed by atoms with E-state index in [1.165, 1.54) is 4.90 Å². The van der Waals surface area contributed by atoms with Crippen LogP contribution in [0.4, 0.5) is 5.69 Å². The van der Waals surface area contributed by atoms with Gasteiger partial charge < -0.3 is 30.2 Å². The number of nitrogens with one attached hydrogen (secondary N) is 2. The monoisotopic (exact) mass is 456 g/mol. The summed E-state index contributed by atoms with van der Waals surface area (Å²) in [6.07, 6.45) is 0.377. The maximum atomic E-state index is 13.3. The predicted octanol–water partition coefficient (Wildman–Crippen LogP) is 0.425. The second-order valence-electron chi connectivity index (χ2n) is 7.53. The van der Waals surface area contributed by atoms with Crippen molar-refractivity contribution >= 4 is 41.0 Å². The van der Waals surface area contributed by atoms with E-state index in [1.807, 2.05) is 12.1 Å². The molecule has 4 rings (SSSR count). The molecular weight excluding hydrogens is 438 g/mol. The summed E-state index contributed by atoms with van der Waals surface area (Å²) in [5.41, 5.74) is 2.43. The Labute approximate surface area is 188 Å². The number of rotatable bonds is 6. The minimum absolute atomic E-state index is 0.284. The molecule has 9 nitrogen and oxygen atoms in total. The molecule has 2 atom stereocenters. The lowest BCUT2D eigenvalue weighted by atomic mass is 10.0. The molecule has 0 bridgehead atoms. The Morgan fingerprint density at radius 2 is 1.84 bits per heavy atom. The molecule has 2 aliphatic rings. The van der Waals surface area contributed by atoms with E-state index in [0.717, 1.165) is 11.1 Å². The molecule has 2 aromatic carbocycles. The van der Waals surface area contributed by atoms with Gasteiger partial charge in [-0.3, -0.25) is 14.4 Å². The number of carbonyl (C=O) groups is 4. The fourth-order valence-electron chi connectivity index (χ4n) is 3.98. The summed E-state index contributed by atoms with van der Waals surface area (Å²) < 4.78 is 4.73. The van der Waals surface area contributed by atoms with Crippen LogP contribution in [0.5, 0.6) is 0 Å². The summed E-state index contributed by atoms with van der Waals surface area (Å²) in [5, 5.41) is 16.4. The van der Waals surface area contributed by atoms with Gasteiger partial charge in [0.25, 0.3) is 5.91 Å². The smallest absolute Gasteiger partial charge is 0.256 e. The van der Waals surface area contributed by atoms with Crippen molar-refractivity contribution in [1.82, 2.24) is 10.2 Å². The molecule has 10 heteroatoms. The molecule has 3 amide bonds. The van der Waals surface area contributed by atoms with Crippen LogP contribution >= 0.6 is 11.6 Å². The SMILES string of the molecule is O=C([O-])COCC(=O)N[C@H]1CCN2C(=O)c3cc(-c4ccc(Cl)cc4)ccc3NC(=O)[C@H]12. The van der Waals surface area contributed by atoms with Gasteiger partial charge in [0.2, 0.25) is 11.8 Å². The van der Waals surface area contributed by atoms with Crippen molar-refractivity contribution in [3.63, 3.8) is 0 Å². The number of hydrogen-bond acceptors (Lipinski definition) is 6. The van der Waals surface area contributed by atoms with E-state index in [-0.39, 0.29) is 12.5 Å². The fraction of sp³-hybridized carbons (Fsp3) is 0.273. The van der Waals surface area contributed by atoms with Crippen LogP contribution in [0.15, 0.2) is 42.5 Å². The fourth-order valence-corrected chi connectivity index (χ4v) is 4.11. The zero-order valence-corrected chi connectivity index (χ0v) is 17.6.